The number of hydrogen-bond acceptors (Lipinski definition) is 9. The van der Waals surface area contributed by atoms with Gasteiger partial charge in [-0.1, -0.05) is 30.3 Å². The minimum absolute atomic E-state index is 0.200. The van der Waals surface area contributed by atoms with Crippen molar-refractivity contribution >= 4 is 18.0 Å². The van der Waals surface area contributed by atoms with Crippen molar-refractivity contribution in [1.82, 2.24) is 10.6 Å². The molecule has 0 aliphatic carbocycles. The molecular weight excluding hydrogens is 404 g/mol. The number of aliphatic carboxylic acids is 1. The van der Waals surface area contributed by atoms with Gasteiger partial charge in [-0.3, -0.25) is 4.79 Å². The van der Waals surface area contributed by atoms with Gasteiger partial charge in [-0.15, -0.1) is 0 Å². The van der Waals surface area contributed by atoms with E-state index in [4.69, 9.17) is 19.3 Å². The number of benzene rings is 1. The van der Waals surface area contributed by atoms with Gasteiger partial charge >= 0.3 is 12.1 Å². The molecule has 5 unspecified atom stereocenters. The number of methoxy groups -OCH3 is 1. The van der Waals surface area contributed by atoms with E-state index in [2.05, 4.69) is 10.6 Å². The molecule has 0 bridgehead atoms. The molecule has 1 aromatic rings. The number of carboxylic acids is 1. The second-order valence-electron chi connectivity index (χ2n) is 6.50. The molecule has 1 aliphatic rings. The number of carbonyl (C=O) groups excluding carboxylic acids is 2. The van der Waals surface area contributed by atoms with Gasteiger partial charge in [-0.05, 0) is 5.56 Å². The van der Waals surface area contributed by atoms with Gasteiger partial charge in [0.1, 0.15) is 24.4 Å². The van der Waals surface area contributed by atoms with Gasteiger partial charge in [0.15, 0.2) is 6.10 Å². The summed E-state index contributed by atoms with van der Waals surface area (Å²) in [6.07, 6.45) is -10.8. The third-order valence-corrected chi connectivity index (χ3v) is 4.29. The number of ether oxygens (including phenoxy) is 3. The van der Waals surface area contributed by atoms with Crippen molar-refractivity contribution in [3.8, 4) is 0 Å². The molecule has 6 N–H and O–H groups in total. The van der Waals surface area contributed by atoms with E-state index < -0.39 is 54.7 Å². The molecule has 1 aliphatic heterocycles. The van der Waals surface area contributed by atoms with Crippen molar-refractivity contribution in [2.24, 2.45) is 0 Å². The standard InChI is InChI=1S/C18H24N2O10/c1-28-8-10(15(24)19-7-9-5-3-2-4-6-9)20-18(27)30-17-13(23)11(21)12(22)14(29-17)16(25)26/h2-6,10-14,17,21-23H,7-8H2,1H3,(H,19,24)(H,20,27)(H,25,26)/t10-,11?,12?,13?,14?,17?/m1/s1. The van der Waals surface area contributed by atoms with Gasteiger partial charge < -0.3 is 45.3 Å². The Morgan fingerprint density at radius 1 is 1.10 bits per heavy atom. The van der Waals surface area contributed by atoms with Crippen LogP contribution in [0.1, 0.15) is 5.56 Å². The third-order valence-electron chi connectivity index (χ3n) is 4.29. The number of aliphatic hydroxyl groups is 3. The fourth-order valence-corrected chi connectivity index (χ4v) is 2.69. The van der Waals surface area contributed by atoms with Crippen LogP contribution in [-0.4, -0.2) is 88.9 Å². The highest BCUT2D eigenvalue weighted by molar-refractivity contribution is 5.85. The van der Waals surface area contributed by atoms with Gasteiger partial charge in [0.25, 0.3) is 0 Å². The summed E-state index contributed by atoms with van der Waals surface area (Å²) >= 11 is 0. The maximum absolute atomic E-state index is 12.3. The van der Waals surface area contributed by atoms with Crippen molar-refractivity contribution in [1.29, 1.82) is 0 Å². The predicted molar refractivity (Wildman–Crippen MR) is 97.9 cm³/mol. The van der Waals surface area contributed by atoms with E-state index in [1.165, 1.54) is 7.11 Å². The van der Waals surface area contributed by atoms with E-state index in [1.54, 1.807) is 24.3 Å². The highest BCUT2D eigenvalue weighted by Gasteiger charge is 2.48. The van der Waals surface area contributed by atoms with Gasteiger partial charge in [-0.25, -0.2) is 9.59 Å². The fraction of sp³-hybridized carbons (Fsp3) is 0.500. The molecule has 12 heteroatoms. The molecule has 2 amide bonds. The van der Waals surface area contributed by atoms with Crippen molar-refractivity contribution < 1.29 is 49.0 Å². The highest BCUT2D eigenvalue weighted by Crippen LogP contribution is 2.22. The van der Waals surface area contributed by atoms with Crippen LogP contribution in [0.2, 0.25) is 0 Å². The first-order valence-electron chi connectivity index (χ1n) is 8.94. The molecule has 0 saturated carbocycles. The predicted octanol–water partition coefficient (Wildman–Crippen LogP) is -2.06. The van der Waals surface area contributed by atoms with Crippen LogP contribution in [0.25, 0.3) is 0 Å². The smallest absolute Gasteiger partial charge is 0.410 e. The number of nitrogens with one attached hydrogen (secondary N) is 2. The zero-order chi connectivity index (χ0) is 22.3. The lowest BCUT2D eigenvalue weighted by Crippen LogP contribution is -2.61. The molecular formula is C18H24N2O10. The number of rotatable bonds is 8. The second kappa shape index (κ2) is 10.8. The first kappa shape index (κ1) is 23.5. The lowest BCUT2D eigenvalue weighted by atomic mass is 9.99. The molecule has 0 aromatic heterocycles. The normalized spacial score (nSPS) is 27.0. The second-order valence-corrected chi connectivity index (χ2v) is 6.50. The molecule has 12 nitrogen and oxygen atoms in total. The first-order valence-corrected chi connectivity index (χ1v) is 8.94. The van der Waals surface area contributed by atoms with Gasteiger partial charge in [0, 0.05) is 13.7 Å². The Hall–Kier alpha value is -2.77. The molecule has 0 radical (unpaired) electrons. The summed E-state index contributed by atoms with van der Waals surface area (Å²) in [4.78, 5) is 35.6. The summed E-state index contributed by atoms with van der Waals surface area (Å²) in [5, 5.41) is 43.1. The number of carbonyl (C=O) groups is 3. The number of alkyl carbamates (subject to hydrolysis) is 1. The lowest BCUT2D eigenvalue weighted by Gasteiger charge is -2.38. The SMILES string of the molecule is COC[C@@H](NC(=O)OC1OC(C(=O)O)C(O)C(O)C1O)C(=O)NCc1ccccc1. The molecule has 30 heavy (non-hydrogen) atoms. The third kappa shape index (κ3) is 6.11. The Morgan fingerprint density at radius 2 is 1.77 bits per heavy atom. The highest BCUT2D eigenvalue weighted by atomic mass is 16.7. The summed E-state index contributed by atoms with van der Waals surface area (Å²) in [5.74, 6) is -2.21. The molecule has 166 valence electrons. The van der Waals surface area contributed by atoms with Crippen LogP contribution in [0.3, 0.4) is 0 Å². The summed E-state index contributed by atoms with van der Waals surface area (Å²) < 4.78 is 14.6. The zero-order valence-corrected chi connectivity index (χ0v) is 16.0. The van der Waals surface area contributed by atoms with E-state index in [0.717, 1.165) is 5.56 Å². The number of carboxylic acid groups (broad SMARTS) is 1. The zero-order valence-electron chi connectivity index (χ0n) is 16.0. The average molecular weight is 428 g/mol. The van der Waals surface area contributed by atoms with Crippen molar-refractivity contribution in [3.63, 3.8) is 0 Å². The molecule has 1 heterocycles. The molecule has 1 fully saturated rings. The Labute approximate surface area is 171 Å². The van der Waals surface area contributed by atoms with Gasteiger partial charge in [0.05, 0.1) is 6.61 Å². The quantitative estimate of drug-likeness (QED) is 0.269. The van der Waals surface area contributed by atoms with Gasteiger partial charge in [0.2, 0.25) is 12.2 Å². The van der Waals surface area contributed by atoms with Crippen molar-refractivity contribution in [2.45, 2.75) is 43.3 Å². The Morgan fingerprint density at radius 3 is 2.37 bits per heavy atom. The van der Waals surface area contributed by atoms with Crippen LogP contribution in [0.5, 0.6) is 0 Å². The maximum Gasteiger partial charge on any atom is 0.410 e. The van der Waals surface area contributed by atoms with Crippen LogP contribution < -0.4 is 10.6 Å². The van der Waals surface area contributed by atoms with E-state index in [1.807, 2.05) is 6.07 Å². The van der Waals surface area contributed by atoms with Crippen LogP contribution >= 0.6 is 0 Å². The monoisotopic (exact) mass is 428 g/mol. The number of amides is 2. The van der Waals surface area contributed by atoms with E-state index in [-0.39, 0.29) is 13.2 Å². The summed E-state index contributed by atoms with van der Waals surface area (Å²) in [7, 11) is 1.31. The molecule has 0 spiro atoms. The topological polar surface area (TPSA) is 184 Å². The van der Waals surface area contributed by atoms with E-state index >= 15 is 0 Å². The van der Waals surface area contributed by atoms with Crippen LogP contribution in [0.4, 0.5) is 4.79 Å². The summed E-state index contributed by atoms with van der Waals surface area (Å²) in [6.45, 7) is -0.00563. The van der Waals surface area contributed by atoms with Crippen molar-refractivity contribution in [3.05, 3.63) is 35.9 Å². The fourth-order valence-electron chi connectivity index (χ4n) is 2.69. The summed E-state index contributed by atoms with van der Waals surface area (Å²) in [5.41, 5.74) is 0.829. The Kier molecular flexibility index (Phi) is 8.50. The largest absolute Gasteiger partial charge is 0.479 e. The van der Waals surface area contributed by atoms with Gasteiger partial charge in [-0.2, -0.15) is 0 Å². The number of hydrogen-bond donors (Lipinski definition) is 6. The molecule has 1 saturated heterocycles. The molecule has 6 atom stereocenters. The van der Waals surface area contributed by atoms with Crippen LogP contribution in [-0.2, 0) is 30.3 Å². The van der Waals surface area contributed by atoms with Crippen LogP contribution in [0, 0.1) is 0 Å². The van der Waals surface area contributed by atoms with E-state index in [9.17, 15) is 29.7 Å². The van der Waals surface area contributed by atoms with Crippen molar-refractivity contribution in [2.75, 3.05) is 13.7 Å². The maximum atomic E-state index is 12.3. The minimum atomic E-state index is -1.93. The average Bonchev–Trinajstić information content (AvgIpc) is 2.72. The Balaban J connectivity index is 1.95. The van der Waals surface area contributed by atoms with Crippen LogP contribution in [0.15, 0.2) is 30.3 Å². The molecule has 1 aromatic carbocycles. The summed E-state index contributed by atoms with van der Waals surface area (Å²) in [6, 6.07) is 7.85. The molecule has 2 rings (SSSR count). The minimum Gasteiger partial charge on any atom is -0.479 e. The van der Waals surface area contributed by atoms with E-state index in [0.29, 0.717) is 0 Å². The first-order chi connectivity index (χ1) is 14.2. The Bertz CT molecular complexity index is 731. The lowest BCUT2D eigenvalue weighted by molar-refractivity contribution is -0.278. The number of aliphatic hydroxyl groups excluding tert-OH is 3.